The first-order valence-corrected chi connectivity index (χ1v) is 12.5. The molecule has 0 amide bonds. The van der Waals surface area contributed by atoms with Crippen molar-refractivity contribution in [3.05, 3.63) is 0 Å². The van der Waals surface area contributed by atoms with Crippen LogP contribution in [0.4, 0.5) is 0 Å². The summed E-state index contributed by atoms with van der Waals surface area (Å²) >= 11 is 61.7. The van der Waals surface area contributed by atoms with Crippen molar-refractivity contribution in [3.8, 4) is 0 Å². The third-order valence-electron chi connectivity index (χ3n) is 8.05. The van der Waals surface area contributed by atoms with E-state index in [1.54, 1.807) is 6.92 Å². The van der Waals surface area contributed by atoms with Crippen molar-refractivity contribution in [3.63, 3.8) is 0 Å². The predicted molar refractivity (Wildman–Crippen MR) is 118 cm³/mol. The number of Topliss-reactive ketones (excluding diaryl/α,β-unsaturated/α-hetero) is 1. The van der Waals surface area contributed by atoms with E-state index in [4.69, 9.17) is 109 Å². The Labute approximate surface area is 217 Å². The van der Waals surface area contributed by atoms with Crippen molar-refractivity contribution >= 4 is 116 Å². The molecule has 0 spiro atoms. The summed E-state index contributed by atoms with van der Waals surface area (Å²) in [5.74, 6) is -2.10. The summed E-state index contributed by atoms with van der Waals surface area (Å²) in [6, 6.07) is 0. The highest BCUT2D eigenvalue weighted by Crippen LogP contribution is 3.10. The van der Waals surface area contributed by atoms with Crippen LogP contribution in [0.25, 0.3) is 0 Å². The molecule has 4 nitrogen and oxygen atoms in total. The van der Waals surface area contributed by atoms with Gasteiger partial charge in [-0.1, -0.05) is 23.2 Å². The number of ether oxygens (including phenoxy) is 1. The summed E-state index contributed by atoms with van der Waals surface area (Å²) in [7, 11) is 0. The number of carbonyl (C=O) groups excluding carboxylic acids is 2. The Balaban J connectivity index is 1.58. The van der Waals surface area contributed by atoms with Gasteiger partial charge >= 0.3 is 5.97 Å². The number of ketones is 1. The van der Waals surface area contributed by atoms with Crippen molar-refractivity contribution in [2.24, 2.45) is 5.92 Å². The first kappa shape index (κ1) is 23.5. The lowest BCUT2D eigenvalue weighted by Crippen LogP contribution is -2.98. The van der Waals surface area contributed by atoms with Crippen LogP contribution in [-0.2, 0) is 14.3 Å². The molecule has 6 aliphatic carbocycles. The van der Waals surface area contributed by atoms with Crippen LogP contribution >= 0.6 is 104 Å². The fourth-order valence-corrected chi connectivity index (χ4v) is 14.9. The molecule has 0 aromatic carbocycles. The van der Waals surface area contributed by atoms with Gasteiger partial charge in [-0.2, -0.15) is 0 Å². The second kappa shape index (κ2) is 5.58. The zero-order chi connectivity index (χ0) is 22.8. The quantitative estimate of drug-likeness (QED) is 0.354. The van der Waals surface area contributed by atoms with Crippen LogP contribution in [0.3, 0.4) is 0 Å². The number of hydrogen-bond acceptors (Lipinski definition) is 4. The zero-order valence-corrected chi connectivity index (χ0v) is 21.8. The zero-order valence-electron chi connectivity index (χ0n) is 15.0. The van der Waals surface area contributed by atoms with E-state index in [9.17, 15) is 14.7 Å². The van der Waals surface area contributed by atoms with Crippen molar-refractivity contribution < 1.29 is 19.4 Å². The molecule has 6 fully saturated rings. The molecule has 0 aromatic heterocycles. The molecule has 13 heteroatoms. The summed E-state index contributed by atoms with van der Waals surface area (Å²) in [5.41, 5.74) is -2.19. The number of alkyl halides is 9. The minimum absolute atomic E-state index is 0.174. The van der Waals surface area contributed by atoms with Crippen molar-refractivity contribution in [2.45, 2.75) is 70.2 Å². The second-order valence-electron chi connectivity index (χ2n) is 8.66. The fraction of sp³-hybridized carbons (Fsp3) is 0.882. The van der Waals surface area contributed by atoms with E-state index in [2.05, 4.69) is 0 Å². The van der Waals surface area contributed by atoms with Crippen LogP contribution in [0.1, 0.15) is 26.2 Å². The van der Waals surface area contributed by atoms with Gasteiger partial charge in [0.25, 0.3) is 0 Å². The van der Waals surface area contributed by atoms with Crippen molar-refractivity contribution in [2.75, 3.05) is 6.61 Å². The van der Waals surface area contributed by atoms with E-state index in [0.717, 1.165) is 0 Å². The van der Waals surface area contributed by atoms with Gasteiger partial charge in [0.2, 0.25) is 0 Å². The number of hydrogen-bond donors (Lipinski definition) is 1. The average Bonchev–Trinajstić information content (AvgIpc) is 2.89. The first-order chi connectivity index (χ1) is 13.5. The molecular formula is C17H13Cl9O4. The van der Waals surface area contributed by atoms with E-state index in [0.29, 0.717) is 0 Å². The normalized spacial score (nSPS) is 62.3. The van der Waals surface area contributed by atoms with Crippen LogP contribution in [0.15, 0.2) is 0 Å². The third kappa shape index (κ3) is 1.41. The molecule has 6 aliphatic rings. The molecule has 0 radical (unpaired) electrons. The van der Waals surface area contributed by atoms with Gasteiger partial charge in [0.1, 0.15) is 40.6 Å². The lowest BCUT2D eigenvalue weighted by molar-refractivity contribution is -0.145. The standard InChI is InChI=1S/C17H13Cl9O4/c1-2-30-7(28)4-3-6(27)5-9(29)10(18)8-11(19)13(9,21)16(24)14(10,22)12(8,20)17(25,26)15(11,16)23/h8,29H,2-5H2,1H3/t8-,9-,10-,11-,12-,13-,14+,15+,16+/m1/s1. The molecule has 6 saturated carbocycles. The van der Waals surface area contributed by atoms with Gasteiger partial charge in [-0.25, -0.2) is 0 Å². The van der Waals surface area contributed by atoms with E-state index < -0.39 is 68.1 Å². The summed E-state index contributed by atoms with van der Waals surface area (Å²) in [5, 5.41) is 11.8. The minimum Gasteiger partial charge on any atom is -0.466 e. The smallest absolute Gasteiger partial charge is 0.306 e. The van der Waals surface area contributed by atoms with Gasteiger partial charge < -0.3 is 9.84 Å². The summed E-state index contributed by atoms with van der Waals surface area (Å²) in [4.78, 5) is 11.4. The SMILES string of the molecule is CCOC(=O)CCC(=O)C[C@@]1(O)[C@]2(Cl)[C@@H]3[C@]4(Cl)[C@@]5(Cl)C(Cl)(Cl)[C@]3(Cl)[C@]2(Cl)[C@@]5(Cl)[C@@]14Cl. The number of aliphatic hydroxyl groups is 1. The Hall–Kier alpha value is 1.71. The molecule has 0 unspecified atom stereocenters. The maximum Gasteiger partial charge on any atom is 0.306 e. The second-order valence-corrected chi connectivity index (χ2v) is 14.0. The lowest BCUT2D eigenvalue weighted by atomic mass is 9.42. The van der Waals surface area contributed by atoms with Crippen LogP contribution < -0.4 is 0 Å². The molecule has 9 atom stereocenters. The van der Waals surface area contributed by atoms with Crippen molar-refractivity contribution in [1.82, 2.24) is 0 Å². The van der Waals surface area contributed by atoms with Crippen molar-refractivity contribution in [1.29, 1.82) is 0 Å². The van der Waals surface area contributed by atoms with E-state index in [1.807, 2.05) is 0 Å². The fourth-order valence-electron chi connectivity index (χ4n) is 7.25. The molecule has 0 aliphatic heterocycles. The minimum atomic E-state index is -2.19. The van der Waals surface area contributed by atoms with Gasteiger partial charge in [-0.3, -0.25) is 9.59 Å². The molecule has 0 saturated heterocycles. The lowest BCUT2D eigenvalue weighted by Gasteiger charge is -2.78. The number of carbonyl (C=O) groups is 2. The van der Waals surface area contributed by atoms with Gasteiger partial charge in [0.15, 0.2) is 4.33 Å². The number of halogens is 9. The van der Waals surface area contributed by atoms with Gasteiger partial charge in [0, 0.05) is 18.8 Å². The monoisotopic (exact) mass is 596 g/mol. The Kier molecular flexibility index (Phi) is 4.36. The summed E-state index contributed by atoms with van der Waals surface area (Å²) in [6.45, 7) is 1.83. The predicted octanol–water partition coefficient (Wildman–Crippen LogP) is 4.72. The van der Waals surface area contributed by atoms with Gasteiger partial charge in [-0.05, 0) is 6.92 Å². The number of esters is 1. The Morgan fingerprint density at radius 2 is 1.37 bits per heavy atom. The van der Waals surface area contributed by atoms with Gasteiger partial charge in [0.05, 0.1) is 17.9 Å². The summed E-state index contributed by atoms with van der Waals surface area (Å²) < 4.78 is 2.90. The molecule has 1 N–H and O–H groups in total. The maximum absolute atomic E-state index is 12.7. The Bertz CT molecular complexity index is 948. The Morgan fingerprint density at radius 1 is 0.800 bits per heavy atom. The van der Waals surface area contributed by atoms with Crippen LogP contribution in [0.5, 0.6) is 0 Å². The molecule has 168 valence electrons. The molecule has 30 heavy (non-hydrogen) atoms. The Morgan fingerprint density at radius 3 is 1.90 bits per heavy atom. The van der Waals surface area contributed by atoms with E-state index >= 15 is 0 Å². The largest absolute Gasteiger partial charge is 0.466 e. The maximum atomic E-state index is 12.7. The summed E-state index contributed by atoms with van der Waals surface area (Å²) in [6.07, 6.45) is -0.949. The third-order valence-corrected chi connectivity index (χ3v) is 16.2. The molecule has 0 heterocycles. The highest BCUT2D eigenvalue weighted by atomic mass is 35.5. The van der Waals surface area contributed by atoms with Crippen LogP contribution in [-0.4, -0.2) is 67.5 Å². The average molecular weight is 600 g/mol. The van der Waals surface area contributed by atoms with E-state index in [-0.39, 0.29) is 19.4 Å². The van der Waals surface area contributed by atoms with Crippen LogP contribution in [0.2, 0.25) is 0 Å². The molecular weight excluding hydrogens is 587 g/mol. The highest BCUT2D eigenvalue weighted by molar-refractivity contribution is 6.74. The number of rotatable bonds is 6. The molecule has 6 rings (SSSR count). The molecule has 4 bridgehead atoms. The van der Waals surface area contributed by atoms with E-state index in [1.165, 1.54) is 0 Å². The first-order valence-electron chi connectivity index (χ1n) is 9.06. The highest BCUT2D eigenvalue weighted by Gasteiger charge is 3.28. The van der Waals surface area contributed by atoms with Crippen LogP contribution in [0, 0.1) is 5.92 Å². The van der Waals surface area contributed by atoms with Gasteiger partial charge in [-0.15, -0.1) is 81.2 Å². The topological polar surface area (TPSA) is 63.6 Å². The molecule has 0 aromatic rings.